The molecule has 0 bridgehead atoms. The van der Waals surface area contributed by atoms with E-state index in [0.717, 1.165) is 16.1 Å². The molecule has 1 heteroatoms. The SMILES string of the molecule is C#C[C@@](C)(c1ccccc1)c1ccc(Cl)cc1. The van der Waals surface area contributed by atoms with E-state index in [9.17, 15) is 0 Å². The number of rotatable bonds is 2. The quantitative estimate of drug-likeness (QED) is 0.688. The second-order valence-electron chi connectivity index (χ2n) is 4.14. The molecule has 0 heterocycles. The van der Waals surface area contributed by atoms with Crippen molar-refractivity contribution in [1.82, 2.24) is 0 Å². The minimum absolute atomic E-state index is 0.411. The minimum Gasteiger partial charge on any atom is -0.119 e. The molecule has 0 aliphatic carbocycles. The monoisotopic (exact) mass is 240 g/mol. The van der Waals surface area contributed by atoms with Crippen molar-refractivity contribution in [2.75, 3.05) is 0 Å². The molecule has 84 valence electrons. The fraction of sp³-hybridized carbons (Fsp3) is 0.125. The summed E-state index contributed by atoms with van der Waals surface area (Å²) in [6.07, 6.45) is 5.73. The van der Waals surface area contributed by atoms with Gasteiger partial charge in [0.15, 0.2) is 0 Å². The van der Waals surface area contributed by atoms with Crippen LogP contribution < -0.4 is 0 Å². The van der Waals surface area contributed by atoms with Crippen LogP contribution in [0.2, 0.25) is 5.02 Å². The number of benzene rings is 2. The minimum atomic E-state index is -0.411. The van der Waals surface area contributed by atoms with Crippen molar-refractivity contribution in [2.45, 2.75) is 12.3 Å². The molecule has 0 N–H and O–H groups in total. The molecule has 0 unspecified atom stereocenters. The highest BCUT2D eigenvalue weighted by Crippen LogP contribution is 2.31. The zero-order chi connectivity index (χ0) is 12.3. The van der Waals surface area contributed by atoms with Crippen molar-refractivity contribution in [3.8, 4) is 12.3 Å². The van der Waals surface area contributed by atoms with Gasteiger partial charge in [-0.15, -0.1) is 6.42 Å². The Hall–Kier alpha value is -1.71. The first-order chi connectivity index (χ1) is 8.16. The van der Waals surface area contributed by atoms with Gasteiger partial charge in [-0.1, -0.05) is 60.0 Å². The fourth-order valence-corrected chi connectivity index (χ4v) is 2.01. The maximum Gasteiger partial charge on any atom is 0.0781 e. The summed E-state index contributed by atoms with van der Waals surface area (Å²) in [5.41, 5.74) is 1.78. The largest absolute Gasteiger partial charge is 0.119 e. The van der Waals surface area contributed by atoms with E-state index in [4.69, 9.17) is 18.0 Å². The zero-order valence-corrected chi connectivity index (χ0v) is 10.4. The summed E-state index contributed by atoms with van der Waals surface area (Å²) < 4.78 is 0. The van der Waals surface area contributed by atoms with Crippen molar-refractivity contribution in [1.29, 1.82) is 0 Å². The van der Waals surface area contributed by atoms with Gasteiger partial charge in [0.1, 0.15) is 0 Å². The van der Waals surface area contributed by atoms with Crippen LogP contribution in [0.4, 0.5) is 0 Å². The van der Waals surface area contributed by atoms with Gasteiger partial charge in [-0.2, -0.15) is 0 Å². The van der Waals surface area contributed by atoms with Gasteiger partial charge >= 0.3 is 0 Å². The summed E-state index contributed by atoms with van der Waals surface area (Å²) in [5, 5.41) is 0.723. The first kappa shape index (κ1) is 11.8. The summed E-state index contributed by atoms with van der Waals surface area (Å²) in [5.74, 6) is 2.89. The normalized spacial score (nSPS) is 13.7. The maximum atomic E-state index is 5.90. The van der Waals surface area contributed by atoms with Gasteiger partial charge in [0.05, 0.1) is 5.41 Å². The topological polar surface area (TPSA) is 0 Å². The van der Waals surface area contributed by atoms with Gasteiger partial charge in [0.25, 0.3) is 0 Å². The Kier molecular flexibility index (Phi) is 3.22. The first-order valence-electron chi connectivity index (χ1n) is 5.46. The van der Waals surface area contributed by atoms with Crippen molar-refractivity contribution >= 4 is 11.6 Å². The second kappa shape index (κ2) is 4.65. The van der Waals surface area contributed by atoms with Gasteiger partial charge in [-0.3, -0.25) is 0 Å². The Morgan fingerprint density at radius 2 is 1.47 bits per heavy atom. The van der Waals surface area contributed by atoms with Gasteiger partial charge in [0, 0.05) is 5.02 Å². The lowest BCUT2D eigenvalue weighted by Crippen LogP contribution is -2.20. The third-order valence-electron chi connectivity index (χ3n) is 3.06. The third-order valence-corrected chi connectivity index (χ3v) is 3.31. The molecule has 2 aromatic carbocycles. The molecular weight excluding hydrogens is 228 g/mol. The lowest BCUT2D eigenvalue weighted by molar-refractivity contribution is 0.754. The number of hydrogen-bond acceptors (Lipinski definition) is 0. The average molecular weight is 241 g/mol. The summed E-state index contributed by atoms with van der Waals surface area (Å²) in [7, 11) is 0. The van der Waals surface area contributed by atoms with E-state index in [0.29, 0.717) is 0 Å². The fourth-order valence-electron chi connectivity index (χ4n) is 1.89. The Morgan fingerprint density at radius 3 is 2.00 bits per heavy atom. The van der Waals surface area contributed by atoms with E-state index >= 15 is 0 Å². The van der Waals surface area contributed by atoms with E-state index in [1.54, 1.807) is 0 Å². The number of terminal acetylenes is 1. The molecule has 0 aliphatic rings. The molecule has 2 aromatic rings. The number of halogens is 1. The van der Waals surface area contributed by atoms with Crippen LogP contribution in [-0.4, -0.2) is 0 Å². The van der Waals surface area contributed by atoms with Crippen LogP contribution in [0.15, 0.2) is 54.6 Å². The molecule has 0 aromatic heterocycles. The summed E-state index contributed by atoms with van der Waals surface area (Å²) >= 11 is 5.90. The Labute approximate surface area is 107 Å². The van der Waals surface area contributed by atoms with E-state index in [1.807, 2.05) is 49.4 Å². The molecule has 0 amide bonds. The van der Waals surface area contributed by atoms with Gasteiger partial charge in [-0.25, -0.2) is 0 Å². The molecule has 0 saturated carbocycles. The molecule has 2 rings (SSSR count). The Bertz CT molecular complexity index is 534. The second-order valence-corrected chi connectivity index (χ2v) is 4.58. The molecule has 0 radical (unpaired) electrons. The van der Waals surface area contributed by atoms with Crippen LogP contribution in [0.25, 0.3) is 0 Å². The van der Waals surface area contributed by atoms with Gasteiger partial charge in [-0.05, 0) is 30.2 Å². The van der Waals surface area contributed by atoms with Crippen molar-refractivity contribution in [3.05, 3.63) is 70.7 Å². The smallest absolute Gasteiger partial charge is 0.0781 e. The van der Waals surface area contributed by atoms with Crippen LogP contribution in [0.3, 0.4) is 0 Å². The molecular formula is C16H13Cl. The highest BCUT2D eigenvalue weighted by molar-refractivity contribution is 6.30. The van der Waals surface area contributed by atoms with Crippen molar-refractivity contribution in [2.24, 2.45) is 0 Å². The van der Waals surface area contributed by atoms with Crippen LogP contribution in [0, 0.1) is 12.3 Å². The highest BCUT2D eigenvalue weighted by Gasteiger charge is 2.25. The molecule has 1 atom stereocenters. The van der Waals surface area contributed by atoms with Crippen molar-refractivity contribution < 1.29 is 0 Å². The summed E-state index contributed by atoms with van der Waals surface area (Å²) in [4.78, 5) is 0. The summed E-state index contributed by atoms with van der Waals surface area (Å²) in [6, 6.07) is 17.8. The number of hydrogen-bond donors (Lipinski definition) is 0. The summed E-state index contributed by atoms with van der Waals surface area (Å²) in [6.45, 7) is 2.05. The van der Waals surface area contributed by atoms with Crippen LogP contribution >= 0.6 is 11.6 Å². The highest BCUT2D eigenvalue weighted by atomic mass is 35.5. The van der Waals surface area contributed by atoms with E-state index in [2.05, 4.69) is 18.1 Å². The van der Waals surface area contributed by atoms with E-state index < -0.39 is 5.41 Å². The molecule has 0 nitrogen and oxygen atoms in total. The lowest BCUT2D eigenvalue weighted by atomic mass is 9.77. The van der Waals surface area contributed by atoms with Crippen molar-refractivity contribution in [3.63, 3.8) is 0 Å². The molecule has 0 saturated heterocycles. The van der Waals surface area contributed by atoms with E-state index in [1.165, 1.54) is 0 Å². The average Bonchev–Trinajstić information content (AvgIpc) is 2.40. The van der Waals surface area contributed by atoms with Crippen LogP contribution in [0.5, 0.6) is 0 Å². The standard InChI is InChI=1S/C16H13Cl/c1-3-16(2,13-7-5-4-6-8-13)14-9-11-15(17)12-10-14/h1,4-12H,2H3/t16-/m0/s1. The molecule has 0 aliphatic heterocycles. The first-order valence-corrected chi connectivity index (χ1v) is 5.84. The van der Waals surface area contributed by atoms with Gasteiger partial charge in [0.2, 0.25) is 0 Å². The molecule has 0 spiro atoms. The maximum absolute atomic E-state index is 5.90. The molecule has 0 fully saturated rings. The Balaban J connectivity index is 2.53. The Morgan fingerprint density at radius 1 is 0.941 bits per heavy atom. The zero-order valence-electron chi connectivity index (χ0n) is 9.65. The van der Waals surface area contributed by atoms with Crippen LogP contribution in [0.1, 0.15) is 18.1 Å². The van der Waals surface area contributed by atoms with Crippen LogP contribution in [-0.2, 0) is 5.41 Å². The predicted molar refractivity (Wildman–Crippen MR) is 73.2 cm³/mol. The molecule has 17 heavy (non-hydrogen) atoms. The predicted octanol–water partition coefficient (Wildman–Crippen LogP) is 4.28. The van der Waals surface area contributed by atoms with E-state index in [-0.39, 0.29) is 0 Å². The third kappa shape index (κ3) is 2.20. The lowest BCUT2D eigenvalue weighted by Gasteiger charge is -2.24. The van der Waals surface area contributed by atoms with Gasteiger partial charge < -0.3 is 0 Å².